The maximum atomic E-state index is 12.4. The van der Waals surface area contributed by atoms with E-state index < -0.39 is 9.84 Å². The molecule has 136 valence electrons. The minimum absolute atomic E-state index is 0.0629. The Hall–Kier alpha value is -1.82. The lowest BCUT2D eigenvalue weighted by molar-refractivity contribution is 0.102. The molecule has 0 spiro atoms. The Kier molecular flexibility index (Phi) is 5.15. The van der Waals surface area contributed by atoms with Crippen LogP contribution in [0.25, 0.3) is 16.6 Å². The smallest absolute Gasteiger partial charge is 0.180 e. The van der Waals surface area contributed by atoms with E-state index in [9.17, 15) is 13.2 Å². The van der Waals surface area contributed by atoms with Gasteiger partial charge in [0.25, 0.3) is 0 Å². The van der Waals surface area contributed by atoms with Gasteiger partial charge in [0.2, 0.25) is 0 Å². The molecule has 0 aliphatic carbocycles. The number of rotatable bonds is 5. The summed E-state index contributed by atoms with van der Waals surface area (Å²) < 4.78 is 25.3. The van der Waals surface area contributed by atoms with E-state index in [2.05, 4.69) is 0 Å². The minimum atomic E-state index is -3.17. The molecule has 0 saturated heterocycles. The van der Waals surface area contributed by atoms with Crippen LogP contribution in [0.15, 0.2) is 42.5 Å². The van der Waals surface area contributed by atoms with Crippen LogP contribution in [0.1, 0.15) is 21.6 Å². The molecule has 0 fully saturated rings. The Labute approximate surface area is 162 Å². The number of fused-ring (bicyclic) bond motifs is 1. The highest BCUT2D eigenvalue weighted by Gasteiger charge is 2.21. The lowest BCUT2D eigenvalue weighted by Gasteiger charge is -2.09. The van der Waals surface area contributed by atoms with Gasteiger partial charge < -0.3 is 4.57 Å². The number of aromatic nitrogens is 1. The maximum Gasteiger partial charge on any atom is 0.180 e. The standard InChI is InChI=1S/C19H17Cl2NO3S/c1-12-19(18(23)10-20)16-8-3-13(11-26(2,24)25)9-17(16)22(12)15-6-4-14(21)5-7-15/h3-9H,10-11H2,1-2H3. The largest absolute Gasteiger partial charge is 0.313 e. The van der Waals surface area contributed by atoms with Crippen molar-refractivity contribution in [2.24, 2.45) is 0 Å². The van der Waals surface area contributed by atoms with E-state index in [1.165, 1.54) is 6.26 Å². The van der Waals surface area contributed by atoms with E-state index in [-0.39, 0.29) is 17.4 Å². The van der Waals surface area contributed by atoms with Gasteiger partial charge in [-0.3, -0.25) is 4.79 Å². The number of hydrogen-bond acceptors (Lipinski definition) is 3. The van der Waals surface area contributed by atoms with E-state index in [4.69, 9.17) is 23.2 Å². The average Bonchev–Trinajstić information content (AvgIpc) is 2.85. The molecule has 2 aromatic carbocycles. The second kappa shape index (κ2) is 7.06. The summed E-state index contributed by atoms with van der Waals surface area (Å²) in [5, 5.41) is 1.36. The monoisotopic (exact) mass is 409 g/mol. The number of alkyl halides is 1. The van der Waals surface area contributed by atoms with Crippen LogP contribution >= 0.6 is 23.2 Å². The molecular weight excluding hydrogens is 393 g/mol. The summed E-state index contributed by atoms with van der Waals surface area (Å²) in [4.78, 5) is 12.4. The van der Waals surface area contributed by atoms with Gasteiger partial charge in [0.05, 0.1) is 17.1 Å². The highest BCUT2D eigenvalue weighted by Crippen LogP contribution is 2.31. The van der Waals surface area contributed by atoms with Gasteiger partial charge in [-0.2, -0.15) is 0 Å². The zero-order valence-corrected chi connectivity index (χ0v) is 16.6. The Morgan fingerprint density at radius 2 is 1.77 bits per heavy atom. The van der Waals surface area contributed by atoms with Crippen molar-refractivity contribution in [3.63, 3.8) is 0 Å². The lowest BCUT2D eigenvalue weighted by Crippen LogP contribution is -2.03. The number of sulfone groups is 1. The molecule has 0 amide bonds. The fourth-order valence-electron chi connectivity index (χ4n) is 3.20. The van der Waals surface area contributed by atoms with Crippen molar-refractivity contribution in [3.05, 3.63) is 64.3 Å². The van der Waals surface area contributed by atoms with Crippen LogP contribution in [0, 0.1) is 6.92 Å². The lowest BCUT2D eigenvalue weighted by atomic mass is 10.1. The Morgan fingerprint density at radius 1 is 1.12 bits per heavy atom. The van der Waals surface area contributed by atoms with Crippen molar-refractivity contribution >= 4 is 49.7 Å². The zero-order chi connectivity index (χ0) is 19.1. The third-order valence-electron chi connectivity index (χ3n) is 4.18. The molecule has 1 heterocycles. The topological polar surface area (TPSA) is 56.1 Å². The van der Waals surface area contributed by atoms with Crippen LogP contribution in [0.2, 0.25) is 5.02 Å². The van der Waals surface area contributed by atoms with E-state index in [1.54, 1.807) is 24.3 Å². The van der Waals surface area contributed by atoms with Gasteiger partial charge in [-0.05, 0) is 42.8 Å². The van der Waals surface area contributed by atoms with E-state index in [0.717, 1.165) is 22.3 Å². The Morgan fingerprint density at radius 3 is 2.35 bits per heavy atom. The van der Waals surface area contributed by atoms with Gasteiger partial charge in [0.15, 0.2) is 15.6 Å². The number of ketones is 1. The summed E-state index contributed by atoms with van der Waals surface area (Å²) in [6, 6.07) is 12.6. The first-order valence-corrected chi connectivity index (χ1v) is 10.9. The molecule has 0 aliphatic rings. The van der Waals surface area contributed by atoms with E-state index in [0.29, 0.717) is 16.1 Å². The Bertz CT molecular complexity index is 1100. The molecule has 3 aromatic rings. The van der Waals surface area contributed by atoms with Gasteiger partial charge in [-0.25, -0.2) is 8.42 Å². The summed E-state index contributed by atoms with van der Waals surface area (Å²) >= 11 is 11.8. The molecule has 0 atom stereocenters. The van der Waals surface area contributed by atoms with Crippen LogP contribution in [-0.4, -0.2) is 30.9 Å². The summed E-state index contributed by atoms with van der Waals surface area (Å²) in [5.74, 6) is -0.351. The molecule has 7 heteroatoms. The van der Waals surface area contributed by atoms with Crippen molar-refractivity contribution in [2.75, 3.05) is 12.1 Å². The fraction of sp³-hybridized carbons (Fsp3) is 0.211. The molecule has 3 rings (SSSR count). The predicted octanol–water partition coefficient (Wildman–Crippen LogP) is 4.56. The van der Waals surface area contributed by atoms with E-state index in [1.807, 2.05) is 29.7 Å². The summed E-state index contributed by atoms with van der Waals surface area (Å²) in [5.41, 5.74) is 3.57. The van der Waals surface area contributed by atoms with Crippen molar-refractivity contribution in [3.8, 4) is 5.69 Å². The normalized spacial score (nSPS) is 11.8. The van der Waals surface area contributed by atoms with Crippen LogP contribution in [-0.2, 0) is 15.6 Å². The second-order valence-corrected chi connectivity index (χ2v) is 9.09. The average molecular weight is 410 g/mol. The van der Waals surface area contributed by atoms with Crippen LogP contribution in [0.4, 0.5) is 0 Å². The molecule has 1 aromatic heterocycles. The summed E-state index contributed by atoms with van der Waals surface area (Å²) in [7, 11) is -3.17. The first kappa shape index (κ1) is 19.0. The number of nitrogens with zero attached hydrogens (tertiary/aromatic N) is 1. The van der Waals surface area contributed by atoms with Crippen molar-refractivity contribution < 1.29 is 13.2 Å². The fourth-order valence-corrected chi connectivity index (χ4v) is 4.24. The quantitative estimate of drug-likeness (QED) is 0.458. The molecule has 0 N–H and O–H groups in total. The van der Waals surface area contributed by atoms with Gasteiger partial charge >= 0.3 is 0 Å². The van der Waals surface area contributed by atoms with Crippen molar-refractivity contribution in [2.45, 2.75) is 12.7 Å². The van der Waals surface area contributed by atoms with E-state index >= 15 is 0 Å². The van der Waals surface area contributed by atoms with Gasteiger partial charge in [0, 0.05) is 33.6 Å². The van der Waals surface area contributed by atoms with Crippen LogP contribution in [0.5, 0.6) is 0 Å². The zero-order valence-electron chi connectivity index (χ0n) is 14.3. The molecule has 0 saturated carbocycles. The highest BCUT2D eigenvalue weighted by molar-refractivity contribution is 7.89. The summed E-state index contributed by atoms with van der Waals surface area (Å²) in [6.07, 6.45) is 1.20. The maximum absolute atomic E-state index is 12.4. The third kappa shape index (κ3) is 3.65. The predicted molar refractivity (Wildman–Crippen MR) is 107 cm³/mol. The molecule has 0 unspecified atom stereocenters. The Balaban J connectivity index is 2.32. The van der Waals surface area contributed by atoms with Crippen molar-refractivity contribution in [1.82, 2.24) is 4.57 Å². The minimum Gasteiger partial charge on any atom is -0.313 e. The van der Waals surface area contributed by atoms with Crippen molar-refractivity contribution in [1.29, 1.82) is 0 Å². The number of Topliss-reactive ketones (excluding diaryl/α,β-unsaturated/α-hetero) is 1. The highest BCUT2D eigenvalue weighted by atomic mass is 35.5. The number of halogens is 2. The number of carbonyl (C=O) groups is 1. The van der Waals surface area contributed by atoms with Gasteiger partial charge in [0.1, 0.15) is 0 Å². The third-order valence-corrected chi connectivity index (χ3v) is 5.54. The molecule has 0 bridgehead atoms. The van der Waals surface area contributed by atoms with Crippen LogP contribution < -0.4 is 0 Å². The number of benzene rings is 2. The molecule has 0 aliphatic heterocycles. The summed E-state index contributed by atoms with van der Waals surface area (Å²) in [6.45, 7) is 1.85. The molecule has 0 radical (unpaired) electrons. The molecule has 26 heavy (non-hydrogen) atoms. The number of hydrogen-bond donors (Lipinski definition) is 0. The second-order valence-electron chi connectivity index (χ2n) is 6.25. The molecule has 4 nitrogen and oxygen atoms in total. The first-order chi connectivity index (χ1) is 12.2. The van der Waals surface area contributed by atoms with Gasteiger partial charge in [-0.15, -0.1) is 11.6 Å². The van der Waals surface area contributed by atoms with Gasteiger partial charge in [-0.1, -0.05) is 23.7 Å². The first-order valence-electron chi connectivity index (χ1n) is 7.88. The SMILES string of the molecule is Cc1c(C(=O)CCl)c2ccc(CS(C)(=O)=O)cc2n1-c1ccc(Cl)cc1. The molecular formula is C19H17Cl2NO3S. The number of carbonyl (C=O) groups excluding carboxylic acids is 1. The van der Waals surface area contributed by atoms with Crippen LogP contribution in [0.3, 0.4) is 0 Å².